The van der Waals surface area contributed by atoms with Gasteiger partial charge >= 0.3 is 0 Å². The van der Waals surface area contributed by atoms with Crippen LogP contribution < -0.4 is 20.5 Å². The second-order valence-electron chi connectivity index (χ2n) is 16.6. The number of fused-ring (bicyclic) bond motifs is 9. The number of hydrogen-bond donors (Lipinski definition) is 6. The van der Waals surface area contributed by atoms with Gasteiger partial charge in [0.2, 0.25) is 0 Å². The molecule has 11 nitrogen and oxygen atoms in total. The molecule has 2 heterocycles. The molecule has 7 N–H and O–H groups in total. The SMILES string of the molecule is CN=C(N)Nc1cccc(CC[C@H](CO)C[C@H]2C=CC(O)=C[C@@H]2C[C@H]2CC(=O)CCc3ccc(OC)c(c3)OCc3c(CO)cc4c(c(O)cc5c4c3C=C[C@H]5C)CC#CO2)c1. The Bertz CT molecular complexity index is 2480. The van der Waals surface area contributed by atoms with Crippen molar-refractivity contribution in [3.63, 3.8) is 0 Å². The molecule has 0 saturated heterocycles. The molecule has 11 heteroatoms. The highest BCUT2D eigenvalue weighted by atomic mass is 16.5. The van der Waals surface area contributed by atoms with E-state index in [0.717, 1.165) is 57.1 Å². The summed E-state index contributed by atoms with van der Waals surface area (Å²) in [6.45, 7) is 2.02. The first-order valence-electron chi connectivity index (χ1n) is 21.4. The number of aromatic hydroxyl groups is 1. The van der Waals surface area contributed by atoms with E-state index in [-0.39, 0.29) is 80.0 Å². The van der Waals surface area contributed by atoms with Crippen LogP contribution in [0.1, 0.15) is 83.9 Å². The first kappa shape index (κ1) is 43.9. The summed E-state index contributed by atoms with van der Waals surface area (Å²) >= 11 is 0. The highest BCUT2D eigenvalue weighted by Crippen LogP contribution is 2.43. The van der Waals surface area contributed by atoms with Crippen molar-refractivity contribution in [2.75, 3.05) is 26.1 Å². The third kappa shape index (κ3) is 10.3. The molecule has 5 atom stereocenters. The van der Waals surface area contributed by atoms with Crippen molar-refractivity contribution >= 4 is 34.3 Å². The molecule has 6 bridgehead atoms. The Morgan fingerprint density at radius 1 is 1.05 bits per heavy atom. The number of ketones is 1. The average Bonchev–Trinajstić information content (AvgIpc) is 3.27. The van der Waals surface area contributed by atoms with Crippen molar-refractivity contribution in [1.82, 2.24) is 0 Å². The van der Waals surface area contributed by atoms with E-state index in [1.165, 1.54) is 0 Å². The number of nitrogens with zero attached hydrogens (tertiary/aromatic N) is 1. The van der Waals surface area contributed by atoms with Gasteiger partial charge in [-0.05, 0) is 137 Å². The topological polar surface area (TPSA) is 176 Å². The van der Waals surface area contributed by atoms with Crippen molar-refractivity contribution < 1.29 is 39.4 Å². The van der Waals surface area contributed by atoms with Gasteiger partial charge in [-0.2, -0.15) is 0 Å². The zero-order valence-corrected chi connectivity index (χ0v) is 35.7. The number of anilines is 1. The van der Waals surface area contributed by atoms with Crippen LogP contribution in [0.25, 0.3) is 16.8 Å². The maximum absolute atomic E-state index is 13.8. The number of phenolic OH excluding ortho intramolecular Hbond substituents is 1. The molecule has 0 saturated carbocycles. The van der Waals surface area contributed by atoms with Crippen LogP contribution in [-0.2, 0) is 42.0 Å². The molecule has 0 fully saturated rings. The summed E-state index contributed by atoms with van der Waals surface area (Å²) in [5.41, 5.74) is 12.8. The number of ether oxygens (including phenoxy) is 3. The number of phenols is 1. The molecule has 2 aliphatic carbocycles. The van der Waals surface area contributed by atoms with Crippen molar-refractivity contribution in [2.24, 2.45) is 28.5 Å². The van der Waals surface area contributed by atoms with E-state index in [1.54, 1.807) is 26.3 Å². The lowest BCUT2D eigenvalue weighted by Gasteiger charge is -2.30. The number of nitrogens with one attached hydrogen (secondary N) is 1. The van der Waals surface area contributed by atoms with Crippen molar-refractivity contribution in [3.8, 4) is 29.3 Å². The van der Waals surface area contributed by atoms with Gasteiger partial charge in [0.05, 0.1) is 13.7 Å². The molecular weight excluding hydrogens is 783 g/mol. The fraction of sp³-hybridized carbons (Fsp3) is 0.373. The predicted octanol–water partition coefficient (Wildman–Crippen LogP) is 8.17. The van der Waals surface area contributed by atoms with Crippen LogP contribution >= 0.6 is 0 Å². The fourth-order valence-corrected chi connectivity index (χ4v) is 8.99. The molecule has 8 rings (SSSR count). The van der Waals surface area contributed by atoms with Crippen molar-refractivity contribution in [2.45, 2.75) is 83.5 Å². The maximum atomic E-state index is 13.8. The van der Waals surface area contributed by atoms with Gasteiger partial charge < -0.3 is 45.7 Å². The van der Waals surface area contributed by atoms with E-state index in [4.69, 9.17) is 19.9 Å². The Morgan fingerprint density at radius 2 is 1.90 bits per heavy atom. The first-order chi connectivity index (χ1) is 30.1. The van der Waals surface area contributed by atoms with Crippen LogP contribution in [-0.4, -0.2) is 59.0 Å². The number of hydrogen-bond acceptors (Lipinski definition) is 9. The summed E-state index contributed by atoms with van der Waals surface area (Å²) in [6, 6.07) is 17.4. The minimum absolute atomic E-state index is 0.00243. The van der Waals surface area contributed by atoms with Crippen molar-refractivity contribution in [1.29, 1.82) is 0 Å². The van der Waals surface area contributed by atoms with Crippen LogP contribution in [0, 0.1) is 29.8 Å². The summed E-state index contributed by atoms with van der Waals surface area (Å²) in [5.74, 6) is 4.60. The van der Waals surface area contributed by atoms with Crippen LogP contribution in [0.3, 0.4) is 0 Å². The van der Waals surface area contributed by atoms with E-state index in [0.29, 0.717) is 47.8 Å². The molecule has 0 unspecified atom stereocenters. The third-order valence-corrected chi connectivity index (χ3v) is 12.4. The van der Waals surface area contributed by atoms with Crippen LogP contribution in [0.5, 0.6) is 17.2 Å². The highest BCUT2D eigenvalue weighted by molar-refractivity contribution is 6.01. The lowest BCUT2D eigenvalue weighted by atomic mass is 9.77. The largest absolute Gasteiger partial charge is 0.508 e. The zero-order chi connectivity index (χ0) is 43.8. The number of carbonyl (C=O) groups is 1. The molecule has 0 radical (unpaired) electrons. The van der Waals surface area contributed by atoms with Gasteiger partial charge in [0.15, 0.2) is 17.5 Å². The fourth-order valence-electron chi connectivity index (χ4n) is 8.99. The van der Waals surface area contributed by atoms with Crippen LogP contribution in [0.15, 0.2) is 89.7 Å². The van der Waals surface area contributed by atoms with Gasteiger partial charge in [0.25, 0.3) is 0 Å². The lowest BCUT2D eigenvalue weighted by Crippen LogP contribution is -2.26. The van der Waals surface area contributed by atoms with Gasteiger partial charge in [-0.1, -0.05) is 49.3 Å². The molecule has 0 amide bonds. The summed E-state index contributed by atoms with van der Waals surface area (Å²) in [4.78, 5) is 17.7. The predicted molar refractivity (Wildman–Crippen MR) is 243 cm³/mol. The molecule has 4 aliphatic rings. The summed E-state index contributed by atoms with van der Waals surface area (Å²) < 4.78 is 18.4. The van der Waals surface area contributed by atoms with E-state index < -0.39 is 6.10 Å². The Kier molecular flexibility index (Phi) is 14.2. The average molecular weight is 840 g/mol. The van der Waals surface area contributed by atoms with Gasteiger partial charge in [-0.15, -0.1) is 0 Å². The molecule has 62 heavy (non-hydrogen) atoms. The third-order valence-electron chi connectivity index (χ3n) is 12.4. The standard InChI is InChI=1S/C51H57N3O8/c1-31-9-17-43-46-30-62-49-22-33(13-18-48(49)60-3)12-15-40(58)26-41(61-19-5-8-42-45(25-37(46)29-56)50(43)44(31)27-47(42)59)24-36-23-39(57)16-14-35(36)20-34(28-55)11-10-32-6-4-7-38(21-32)54-51(52)53-2/h4,6-7,9,13-14,16-18,21-23,25,27,31,34-36,41,55-57,59H,8,10-12,15,20,24,26,28-30H2,1-3H3,(H3,52,53,54)/t31-,34+,35-,36-,41+/m1/s1. The Balaban J connectivity index is 1.17. The normalized spacial score (nSPS) is 20.6. The van der Waals surface area contributed by atoms with Crippen LogP contribution in [0.2, 0.25) is 0 Å². The van der Waals surface area contributed by atoms with Crippen LogP contribution in [0.4, 0.5) is 5.69 Å². The number of nitrogens with two attached hydrogens (primary N) is 1. The van der Waals surface area contributed by atoms with E-state index >= 15 is 0 Å². The zero-order valence-electron chi connectivity index (χ0n) is 35.7. The lowest BCUT2D eigenvalue weighted by molar-refractivity contribution is -0.121. The number of aryl methyl sites for hydroxylation is 2. The summed E-state index contributed by atoms with van der Waals surface area (Å²) in [7, 11) is 3.21. The molecule has 0 aromatic heterocycles. The molecule has 2 aliphatic heterocycles. The Hall–Kier alpha value is -6.22. The number of aliphatic imine (C=N–C) groups is 1. The number of aliphatic hydroxyl groups excluding tert-OH is 3. The number of carbonyl (C=O) groups excluding carboxylic acids is 1. The second-order valence-corrected chi connectivity index (χ2v) is 16.6. The van der Waals surface area contributed by atoms with Gasteiger partial charge in [0.1, 0.15) is 36.1 Å². The number of aliphatic hydroxyl groups is 3. The van der Waals surface area contributed by atoms with Crippen molar-refractivity contribution in [3.05, 3.63) is 124 Å². The Morgan fingerprint density at radius 3 is 2.69 bits per heavy atom. The molecular formula is C51H57N3O8. The summed E-state index contributed by atoms with van der Waals surface area (Å²) in [5, 5.41) is 48.2. The smallest absolute Gasteiger partial charge is 0.192 e. The Labute approximate surface area is 363 Å². The molecule has 4 aromatic carbocycles. The van der Waals surface area contributed by atoms with E-state index in [1.807, 2.05) is 60.7 Å². The number of guanidine groups is 1. The molecule has 0 spiro atoms. The maximum Gasteiger partial charge on any atom is 0.192 e. The monoisotopic (exact) mass is 839 g/mol. The van der Waals surface area contributed by atoms with E-state index in [9.17, 15) is 25.2 Å². The minimum Gasteiger partial charge on any atom is -0.508 e. The first-order valence-corrected chi connectivity index (χ1v) is 21.4. The van der Waals surface area contributed by atoms with Gasteiger partial charge in [0, 0.05) is 55.6 Å². The van der Waals surface area contributed by atoms with Gasteiger partial charge in [-0.3, -0.25) is 9.79 Å². The number of rotatable bonds is 11. The van der Waals surface area contributed by atoms with E-state index in [2.05, 4.69) is 41.4 Å². The number of methoxy groups -OCH3 is 1. The molecule has 324 valence electrons. The second kappa shape index (κ2) is 20.1. The number of Topliss-reactive ketones (excluding diaryl/α,β-unsaturated/α-hetero) is 1. The molecule has 4 aromatic rings. The highest BCUT2D eigenvalue weighted by Gasteiger charge is 2.29. The minimum atomic E-state index is -0.601. The quantitative estimate of drug-likeness (QED) is 0.0491. The van der Waals surface area contributed by atoms with Gasteiger partial charge in [-0.25, -0.2) is 0 Å². The number of allylic oxidation sites excluding steroid dienone is 4. The summed E-state index contributed by atoms with van der Waals surface area (Å²) in [6.07, 6.45) is 15.5. The number of benzene rings is 4.